The van der Waals surface area contributed by atoms with Gasteiger partial charge in [0, 0.05) is 11.6 Å². The lowest BCUT2D eigenvalue weighted by atomic mass is 10.1. The first-order valence-electron chi connectivity index (χ1n) is 8.24. The van der Waals surface area contributed by atoms with Crippen LogP contribution in [0.5, 0.6) is 0 Å². The van der Waals surface area contributed by atoms with Gasteiger partial charge in [-0.15, -0.1) is 0 Å². The SMILES string of the molecule is O=C1CN(Cc2cccc(Cl)c2)CC(=O)N2Cc3ccccc3CN12. The molecule has 0 bridgehead atoms. The average molecular weight is 356 g/mol. The molecule has 1 saturated heterocycles. The largest absolute Gasteiger partial charge is 0.281 e. The van der Waals surface area contributed by atoms with Crippen molar-refractivity contribution in [1.82, 2.24) is 14.9 Å². The molecule has 0 spiro atoms. The normalized spacial score (nSPS) is 18.0. The van der Waals surface area contributed by atoms with E-state index in [9.17, 15) is 9.59 Å². The first-order chi connectivity index (χ1) is 12.1. The van der Waals surface area contributed by atoms with Crippen LogP contribution in [-0.4, -0.2) is 39.8 Å². The van der Waals surface area contributed by atoms with Crippen LogP contribution >= 0.6 is 11.6 Å². The smallest absolute Gasteiger partial charge is 0.255 e. The van der Waals surface area contributed by atoms with E-state index < -0.39 is 0 Å². The molecule has 2 amide bonds. The minimum atomic E-state index is -0.0534. The van der Waals surface area contributed by atoms with Gasteiger partial charge >= 0.3 is 0 Å². The fourth-order valence-corrected chi connectivity index (χ4v) is 3.62. The summed E-state index contributed by atoms with van der Waals surface area (Å²) in [6.45, 7) is 1.86. The first kappa shape index (κ1) is 16.1. The molecule has 2 heterocycles. The molecule has 2 aliphatic rings. The highest BCUT2D eigenvalue weighted by Crippen LogP contribution is 2.25. The second-order valence-electron chi connectivity index (χ2n) is 6.45. The molecule has 0 N–H and O–H groups in total. The number of hydrazine groups is 1. The van der Waals surface area contributed by atoms with Crippen LogP contribution in [0.2, 0.25) is 5.02 Å². The first-order valence-corrected chi connectivity index (χ1v) is 8.62. The van der Waals surface area contributed by atoms with Gasteiger partial charge in [0.1, 0.15) is 0 Å². The number of carbonyl (C=O) groups excluding carboxylic acids is 2. The number of carbonyl (C=O) groups is 2. The Balaban J connectivity index is 1.56. The number of halogens is 1. The van der Waals surface area contributed by atoms with Gasteiger partial charge in [0.05, 0.1) is 26.2 Å². The monoisotopic (exact) mass is 355 g/mol. The Morgan fingerprint density at radius 2 is 1.40 bits per heavy atom. The van der Waals surface area contributed by atoms with E-state index in [0.717, 1.165) is 16.7 Å². The summed E-state index contributed by atoms with van der Waals surface area (Å²) in [4.78, 5) is 27.3. The van der Waals surface area contributed by atoms with Crippen molar-refractivity contribution in [3.05, 3.63) is 70.2 Å². The number of rotatable bonds is 2. The van der Waals surface area contributed by atoms with Gasteiger partial charge in [0.2, 0.25) is 0 Å². The Morgan fingerprint density at radius 3 is 1.96 bits per heavy atom. The molecule has 0 radical (unpaired) electrons. The third-order valence-corrected chi connectivity index (χ3v) is 4.87. The van der Waals surface area contributed by atoms with Crippen molar-refractivity contribution >= 4 is 23.4 Å². The summed E-state index contributed by atoms with van der Waals surface area (Å²) < 4.78 is 0. The zero-order valence-electron chi connectivity index (χ0n) is 13.7. The topological polar surface area (TPSA) is 43.9 Å². The van der Waals surface area contributed by atoms with Crippen LogP contribution in [-0.2, 0) is 29.2 Å². The van der Waals surface area contributed by atoms with Crippen molar-refractivity contribution in [2.45, 2.75) is 19.6 Å². The Hall–Kier alpha value is -2.37. The summed E-state index contributed by atoms with van der Waals surface area (Å²) >= 11 is 6.03. The summed E-state index contributed by atoms with van der Waals surface area (Å²) in [5.41, 5.74) is 3.19. The Labute approximate surface area is 151 Å². The van der Waals surface area contributed by atoms with Gasteiger partial charge in [0.25, 0.3) is 11.8 Å². The van der Waals surface area contributed by atoms with E-state index in [-0.39, 0.29) is 24.9 Å². The molecule has 2 aromatic rings. The summed E-state index contributed by atoms with van der Waals surface area (Å²) in [5, 5.41) is 3.83. The second kappa shape index (κ2) is 6.50. The number of hydrogen-bond donors (Lipinski definition) is 0. The summed E-state index contributed by atoms with van der Waals surface area (Å²) in [6, 6.07) is 15.5. The van der Waals surface area contributed by atoms with Crippen LogP contribution in [0.25, 0.3) is 0 Å². The number of hydrogen-bond acceptors (Lipinski definition) is 3. The second-order valence-corrected chi connectivity index (χ2v) is 6.88. The lowest BCUT2D eigenvalue weighted by molar-refractivity contribution is -0.164. The molecule has 2 aliphatic heterocycles. The summed E-state index contributed by atoms with van der Waals surface area (Å²) in [5.74, 6) is -0.107. The molecule has 0 aliphatic carbocycles. The van der Waals surface area contributed by atoms with E-state index in [1.54, 1.807) is 10.0 Å². The van der Waals surface area contributed by atoms with Gasteiger partial charge < -0.3 is 0 Å². The van der Waals surface area contributed by atoms with Crippen molar-refractivity contribution in [2.24, 2.45) is 0 Å². The highest BCUT2D eigenvalue weighted by Gasteiger charge is 2.35. The van der Waals surface area contributed by atoms with Crippen LogP contribution in [0.3, 0.4) is 0 Å². The molecule has 4 rings (SSSR count). The van der Waals surface area contributed by atoms with E-state index in [0.29, 0.717) is 24.7 Å². The maximum Gasteiger partial charge on any atom is 0.255 e. The van der Waals surface area contributed by atoms with Crippen molar-refractivity contribution in [2.75, 3.05) is 13.1 Å². The summed E-state index contributed by atoms with van der Waals surface area (Å²) in [7, 11) is 0. The van der Waals surface area contributed by atoms with E-state index in [1.165, 1.54) is 0 Å². The van der Waals surface area contributed by atoms with Crippen LogP contribution in [0.4, 0.5) is 0 Å². The number of benzene rings is 2. The molecular weight excluding hydrogens is 338 g/mol. The minimum absolute atomic E-state index is 0.0534. The molecule has 2 aromatic carbocycles. The highest BCUT2D eigenvalue weighted by atomic mass is 35.5. The lowest BCUT2D eigenvalue weighted by Crippen LogP contribution is -2.50. The molecule has 0 aromatic heterocycles. The van der Waals surface area contributed by atoms with Gasteiger partial charge in [-0.2, -0.15) is 0 Å². The van der Waals surface area contributed by atoms with E-state index in [1.807, 2.05) is 53.4 Å². The van der Waals surface area contributed by atoms with E-state index >= 15 is 0 Å². The van der Waals surface area contributed by atoms with Crippen molar-refractivity contribution in [1.29, 1.82) is 0 Å². The summed E-state index contributed by atoms with van der Waals surface area (Å²) in [6.07, 6.45) is 0. The molecule has 0 atom stereocenters. The third-order valence-electron chi connectivity index (χ3n) is 4.64. The molecule has 0 unspecified atom stereocenters. The number of amides is 2. The lowest BCUT2D eigenvalue weighted by Gasteiger charge is -2.37. The van der Waals surface area contributed by atoms with Crippen LogP contribution in [0, 0.1) is 0 Å². The minimum Gasteiger partial charge on any atom is -0.281 e. The van der Waals surface area contributed by atoms with Crippen molar-refractivity contribution in [3.8, 4) is 0 Å². The van der Waals surface area contributed by atoms with Crippen LogP contribution in [0.1, 0.15) is 16.7 Å². The fraction of sp³-hybridized carbons (Fsp3) is 0.263. The number of nitrogens with zero attached hydrogens (tertiary/aromatic N) is 3. The Kier molecular flexibility index (Phi) is 4.19. The van der Waals surface area contributed by atoms with Crippen LogP contribution in [0.15, 0.2) is 48.5 Å². The average Bonchev–Trinajstić information content (AvgIpc) is 2.70. The quantitative estimate of drug-likeness (QED) is 0.831. The van der Waals surface area contributed by atoms with Gasteiger partial charge in [-0.25, -0.2) is 10.0 Å². The van der Waals surface area contributed by atoms with Gasteiger partial charge in [-0.05, 0) is 28.8 Å². The van der Waals surface area contributed by atoms with Crippen molar-refractivity contribution < 1.29 is 9.59 Å². The Morgan fingerprint density at radius 1 is 0.800 bits per heavy atom. The third kappa shape index (κ3) is 3.25. The van der Waals surface area contributed by atoms with Crippen molar-refractivity contribution in [3.63, 3.8) is 0 Å². The van der Waals surface area contributed by atoms with Crippen LogP contribution < -0.4 is 0 Å². The van der Waals surface area contributed by atoms with Gasteiger partial charge in [0.15, 0.2) is 0 Å². The highest BCUT2D eigenvalue weighted by molar-refractivity contribution is 6.30. The van der Waals surface area contributed by atoms with E-state index in [2.05, 4.69) is 0 Å². The molecule has 6 heteroatoms. The van der Waals surface area contributed by atoms with E-state index in [4.69, 9.17) is 11.6 Å². The fourth-order valence-electron chi connectivity index (χ4n) is 3.41. The maximum absolute atomic E-state index is 12.7. The standard InChI is InChI=1S/C19H18ClN3O2/c20-17-7-3-4-14(8-17)9-21-12-18(24)22-10-15-5-1-2-6-16(15)11-23(22)19(25)13-21/h1-8H,9-13H2. The molecule has 128 valence electrons. The Bertz CT molecular complexity index is 794. The maximum atomic E-state index is 12.7. The number of fused-ring (bicyclic) bond motifs is 2. The van der Waals surface area contributed by atoms with Gasteiger partial charge in [-0.3, -0.25) is 14.5 Å². The molecule has 25 heavy (non-hydrogen) atoms. The zero-order chi connectivity index (χ0) is 17.4. The van der Waals surface area contributed by atoms with Gasteiger partial charge in [-0.1, -0.05) is 48.0 Å². The predicted molar refractivity (Wildman–Crippen MR) is 94.3 cm³/mol. The molecular formula is C19H18ClN3O2. The molecule has 5 nitrogen and oxygen atoms in total. The molecule has 1 fully saturated rings. The zero-order valence-corrected chi connectivity index (χ0v) is 14.4. The predicted octanol–water partition coefficient (Wildman–Crippen LogP) is 2.44. The molecule has 0 saturated carbocycles.